The topological polar surface area (TPSA) is 73.0 Å². The fourth-order valence-electron chi connectivity index (χ4n) is 5.09. The van der Waals surface area contributed by atoms with E-state index in [4.69, 9.17) is 16.9 Å². The predicted octanol–water partition coefficient (Wildman–Crippen LogP) is 5.67. The molecule has 164 valence electrons. The molecular weight excluding hydrogens is 420 g/mol. The van der Waals surface area contributed by atoms with Crippen LogP contribution in [0, 0.1) is 18.3 Å². The van der Waals surface area contributed by atoms with Gasteiger partial charge in [-0.1, -0.05) is 31.5 Å². The first-order chi connectivity index (χ1) is 15.5. The van der Waals surface area contributed by atoms with Gasteiger partial charge in [0.25, 0.3) is 0 Å². The molecular formula is C25H27ClN6. The predicted molar refractivity (Wildman–Crippen MR) is 128 cm³/mol. The molecule has 0 aliphatic carbocycles. The standard InChI is InChI=1S/C25H27ClN6/c1-15(2)22-19-12-18(17-6-9-31(10-7-17)11-8-27)4-5-21(19)29-24(22)20-13-32-14-28-30-25(32)23(26)16(20)3/h4-5,12-15,17,29H,6-7,9-11H2,1-3H3. The first kappa shape index (κ1) is 21.0. The zero-order valence-corrected chi connectivity index (χ0v) is 19.4. The Morgan fingerprint density at radius 2 is 2.06 bits per heavy atom. The minimum Gasteiger partial charge on any atom is -0.354 e. The number of halogens is 1. The quantitative estimate of drug-likeness (QED) is 0.410. The Morgan fingerprint density at radius 1 is 1.28 bits per heavy atom. The van der Waals surface area contributed by atoms with Crippen LogP contribution in [-0.2, 0) is 0 Å². The van der Waals surface area contributed by atoms with E-state index in [2.05, 4.69) is 64.4 Å². The lowest BCUT2D eigenvalue weighted by molar-refractivity contribution is 0.235. The second-order valence-electron chi connectivity index (χ2n) is 9.13. The minimum atomic E-state index is 0.348. The van der Waals surface area contributed by atoms with E-state index in [-0.39, 0.29) is 0 Å². The van der Waals surface area contributed by atoms with Crippen molar-refractivity contribution in [2.75, 3.05) is 19.6 Å². The molecule has 4 heterocycles. The number of nitrogens with zero attached hydrogens (tertiary/aromatic N) is 5. The third kappa shape index (κ3) is 3.46. The Kier molecular flexibility index (Phi) is 5.40. The number of likely N-dealkylation sites (tertiary alicyclic amines) is 1. The van der Waals surface area contributed by atoms with Gasteiger partial charge in [0.2, 0.25) is 0 Å². The van der Waals surface area contributed by atoms with Crippen molar-refractivity contribution < 1.29 is 0 Å². The maximum atomic E-state index is 8.97. The van der Waals surface area contributed by atoms with E-state index in [9.17, 15) is 0 Å². The van der Waals surface area contributed by atoms with Crippen LogP contribution in [0.4, 0.5) is 0 Å². The largest absolute Gasteiger partial charge is 0.354 e. The molecule has 0 radical (unpaired) electrons. The zero-order valence-electron chi connectivity index (χ0n) is 18.7. The summed E-state index contributed by atoms with van der Waals surface area (Å²) in [6.07, 6.45) is 5.96. The van der Waals surface area contributed by atoms with E-state index in [1.54, 1.807) is 6.33 Å². The van der Waals surface area contributed by atoms with Crippen molar-refractivity contribution in [1.29, 1.82) is 5.26 Å². The van der Waals surface area contributed by atoms with E-state index in [1.807, 2.05) is 11.3 Å². The monoisotopic (exact) mass is 446 g/mol. The number of H-pyrrole nitrogens is 1. The molecule has 32 heavy (non-hydrogen) atoms. The van der Waals surface area contributed by atoms with Crippen LogP contribution >= 0.6 is 11.6 Å². The number of pyridine rings is 1. The lowest BCUT2D eigenvalue weighted by Gasteiger charge is -2.30. The number of aromatic nitrogens is 4. The SMILES string of the molecule is Cc1c(-c2[nH]c3ccc(C4CCN(CC#N)CC4)cc3c2C(C)C)cn2cnnc2c1Cl. The highest BCUT2D eigenvalue weighted by atomic mass is 35.5. The van der Waals surface area contributed by atoms with E-state index < -0.39 is 0 Å². The molecule has 4 aromatic rings. The minimum absolute atomic E-state index is 0.348. The fourth-order valence-corrected chi connectivity index (χ4v) is 5.33. The molecule has 0 spiro atoms. The molecule has 1 saturated heterocycles. The number of piperidine rings is 1. The smallest absolute Gasteiger partial charge is 0.179 e. The molecule has 1 aliphatic heterocycles. The summed E-state index contributed by atoms with van der Waals surface area (Å²) in [6, 6.07) is 9.14. The van der Waals surface area contributed by atoms with E-state index >= 15 is 0 Å². The summed E-state index contributed by atoms with van der Waals surface area (Å²) in [5, 5.41) is 19.0. The normalized spacial score (nSPS) is 15.8. The number of fused-ring (bicyclic) bond motifs is 2. The molecule has 0 unspecified atom stereocenters. The van der Waals surface area contributed by atoms with Crippen LogP contribution in [0.3, 0.4) is 0 Å². The number of aromatic amines is 1. The number of nitriles is 1. The van der Waals surface area contributed by atoms with Crippen molar-refractivity contribution in [2.24, 2.45) is 0 Å². The highest BCUT2D eigenvalue weighted by molar-refractivity contribution is 6.34. The van der Waals surface area contributed by atoms with Crippen LogP contribution in [0.25, 0.3) is 27.8 Å². The van der Waals surface area contributed by atoms with Gasteiger partial charge in [-0.3, -0.25) is 9.30 Å². The molecule has 0 amide bonds. The highest BCUT2D eigenvalue weighted by Gasteiger charge is 2.24. The van der Waals surface area contributed by atoms with Gasteiger partial charge in [-0.05, 0) is 73.5 Å². The van der Waals surface area contributed by atoms with Crippen LogP contribution in [0.2, 0.25) is 5.02 Å². The van der Waals surface area contributed by atoms with Crippen molar-refractivity contribution >= 4 is 28.2 Å². The van der Waals surface area contributed by atoms with Crippen LogP contribution < -0.4 is 0 Å². The Bertz CT molecular complexity index is 1330. The molecule has 5 rings (SSSR count). The number of hydrogen-bond donors (Lipinski definition) is 1. The summed E-state index contributed by atoms with van der Waals surface area (Å²) < 4.78 is 1.89. The van der Waals surface area contributed by atoms with Gasteiger partial charge in [-0.2, -0.15) is 5.26 Å². The lowest BCUT2D eigenvalue weighted by atomic mass is 9.87. The molecule has 3 aromatic heterocycles. The summed E-state index contributed by atoms with van der Waals surface area (Å²) in [6.45, 7) is 9.04. The van der Waals surface area contributed by atoms with E-state index in [0.29, 0.717) is 29.1 Å². The first-order valence-electron chi connectivity index (χ1n) is 11.2. The van der Waals surface area contributed by atoms with Gasteiger partial charge in [0.1, 0.15) is 6.33 Å². The van der Waals surface area contributed by atoms with Crippen molar-refractivity contribution in [3.63, 3.8) is 0 Å². The fraction of sp³-hybridized carbons (Fsp3) is 0.400. The molecule has 1 N–H and O–H groups in total. The summed E-state index contributed by atoms with van der Waals surface area (Å²) in [7, 11) is 0. The van der Waals surface area contributed by atoms with Gasteiger partial charge in [-0.25, -0.2) is 0 Å². The molecule has 6 nitrogen and oxygen atoms in total. The van der Waals surface area contributed by atoms with Crippen LogP contribution in [0.1, 0.15) is 55.2 Å². The Balaban J connectivity index is 1.59. The Labute approximate surface area is 192 Å². The molecule has 0 atom stereocenters. The van der Waals surface area contributed by atoms with Gasteiger partial charge >= 0.3 is 0 Å². The van der Waals surface area contributed by atoms with Crippen LogP contribution in [-0.4, -0.2) is 44.1 Å². The van der Waals surface area contributed by atoms with Gasteiger partial charge in [0.15, 0.2) is 5.65 Å². The average Bonchev–Trinajstić information content (AvgIpc) is 3.41. The zero-order chi connectivity index (χ0) is 22.4. The highest BCUT2D eigenvalue weighted by Crippen LogP contribution is 2.40. The number of nitrogens with one attached hydrogen (secondary N) is 1. The molecule has 1 aliphatic rings. The number of rotatable bonds is 4. The van der Waals surface area contributed by atoms with Crippen molar-refractivity contribution in [3.05, 3.63) is 52.4 Å². The summed E-state index contributed by atoms with van der Waals surface area (Å²) in [5.74, 6) is 0.888. The molecule has 1 aromatic carbocycles. The van der Waals surface area contributed by atoms with Crippen molar-refractivity contribution in [3.8, 4) is 17.3 Å². The molecule has 7 heteroatoms. The average molecular weight is 447 g/mol. The first-order valence-corrected chi connectivity index (χ1v) is 11.6. The Hall–Kier alpha value is -2.88. The van der Waals surface area contributed by atoms with Crippen molar-refractivity contribution in [2.45, 2.75) is 45.4 Å². The number of benzene rings is 1. The molecule has 0 saturated carbocycles. The third-order valence-electron chi connectivity index (χ3n) is 6.83. The second-order valence-corrected chi connectivity index (χ2v) is 9.50. The Morgan fingerprint density at radius 3 is 2.78 bits per heavy atom. The van der Waals surface area contributed by atoms with Gasteiger partial charge < -0.3 is 4.98 Å². The van der Waals surface area contributed by atoms with Crippen molar-refractivity contribution in [1.82, 2.24) is 24.5 Å². The molecule has 1 fully saturated rings. The second kappa shape index (κ2) is 8.23. The van der Waals surface area contributed by atoms with Gasteiger partial charge in [0.05, 0.1) is 23.3 Å². The maximum Gasteiger partial charge on any atom is 0.179 e. The summed E-state index contributed by atoms with van der Waals surface area (Å²) >= 11 is 6.65. The molecule has 0 bridgehead atoms. The van der Waals surface area contributed by atoms with Gasteiger partial charge in [0, 0.05) is 22.7 Å². The van der Waals surface area contributed by atoms with E-state index in [1.165, 1.54) is 16.5 Å². The van der Waals surface area contributed by atoms with Gasteiger partial charge in [-0.15, -0.1) is 10.2 Å². The van der Waals surface area contributed by atoms with Crippen LogP contribution in [0.15, 0.2) is 30.7 Å². The lowest BCUT2D eigenvalue weighted by Crippen LogP contribution is -2.33. The summed E-state index contributed by atoms with van der Waals surface area (Å²) in [4.78, 5) is 5.93. The third-order valence-corrected chi connectivity index (χ3v) is 7.29. The van der Waals surface area contributed by atoms with Crippen LogP contribution in [0.5, 0.6) is 0 Å². The maximum absolute atomic E-state index is 8.97. The number of hydrogen-bond acceptors (Lipinski definition) is 4. The van der Waals surface area contributed by atoms with E-state index in [0.717, 1.165) is 48.3 Å². The summed E-state index contributed by atoms with van der Waals surface area (Å²) in [5.41, 5.74) is 7.74.